The summed E-state index contributed by atoms with van der Waals surface area (Å²) in [5, 5.41) is 2.73. The summed E-state index contributed by atoms with van der Waals surface area (Å²) in [4.78, 5) is 38.3. The van der Waals surface area contributed by atoms with Crippen molar-refractivity contribution in [2.45, 2.75) is 19.3 Å². The molecule has 3 aliphatic rings. The molecule has 2 aliphatic carbocycles. The molecule has 2 saturated carbocycles. The van der Waals surface area contributed by atoms with Crippen molar-refractivity contribution in [2.75, 3.05) is 11.9 Å². The van der Waals surface area contributed by atoms with Gasteiger partial charge in [-0.05, 0) is 43.2 Å². The minimum absolute atomic E-state index is 0.134. The van der Waals surface area contributed by atoms with Gasteiger partial charge in [0.15, 0.2) is 0 Å². The fraction of sp³-hybridized carbons (Fsp3) is 0.471. The Kier molecular flexibility index (Phi) is 3.03. The third kappa shape index (κ3) is 1.95. The molecule has 0 aromatic heterocycles. The molecule has 1 aromatic carbocycles. The molecule has 0 spiro atoms. The molecule has 22 heavy (non-hydrogen) atoms. The van der Waals surface area contributed by atoms with Crippen LogP contribution in [-0.4, -0.2) is 29.2 Å². The number of benzene rings is 1. The Hall–Kier alpha value is -2.17. The molecule has 4 atom stereocenters. The van der Waals surface area contributed by atoms with Crippen molar-refractivity contribution in [3.05, 3.63) is 30.3 Å². The number of hydrogen-bond acceptors (Lipinski definition) is 3. The Morgan fingerprint density at radius 1 is 1.05 bits per heavy atom. The highest BCUT2D eigenvalue weighted by Crippen LogP contribution is 2.55. The number of anilines is 1. The van der Waals surface area contributed by atoms with E-state index in [0.29, 0.717) is 17.5 Å². The Balaban J connectivity index is 1.46. The van der Waals surface area contributed by atoms with E-state index < -0.39 is 0 Å². The van der Waals surface area contributed by atoms with Gasteiger partial charge in [-0.2, -0.15) is 0 Å². The first-order valence-electron chi connectivity index (χ1n) is 7.85. The summed E-state index contributed by atoms with van der Waals surface area (Å²) in [6.45, 7) is -0.168. The van der Waals surface area contributed by atoms with Crippen LogP contribution in [0.1, 0.15) is 19.3 Å². The van der Waals surface area contributed by atoms with Crippen molar-refractivity contribution < 1.29 is 14.4 Å². The maximum atomic E-state index is 12.5. The molecule has 114 valence electrons. The quantitative estimate of drug-likeness (QED) is 0.863. The molecule has 0 radical (unpaired) electrons. The summed E-state index contributed by atoms with van der Waals surface area (Å²) in [6, 6.07) is 9.06. The van der Waals surface area contributed by atoms with E-state index >= 15 is 0 Å². The smallest absolute Gasteiger partial charge is 0.244 e. The Bertz CT molecular complexity index is 615. The normalized spacial score (nSPS) is 32.5. The fourth-order valence-electron chi connectivity index (χ4n) is 4.49. The number of fused-ring (bicyclic) bond motifs is 5. The lowest BCUT2D eigenvalue weighted by atomic mass is 9.81. The first kappa shape index (κ1) is 13.5. The second-order valence-electron chi connectivity index (χ2n) is 6.56. The first-order valence-corrected chi connectivity index (χ1v) is 7.85. The molecule has 2 bridgehead atoms. The largest absolute Gasteiger partial charge is 0.325 e. The number of rotatable bonds is 3. The standard InChI is InChI=1S/C17H18N2O3/c20-13(18-12-4-2-1-3-5-12)9-19-16(21)14-10-6-7-11(8-10)15(14)17(19)22/h1-5,10-11,14-15H,6-9H2,(H,18,20)/t10-,11-,14-,15-/m0/s1. The molecular formula is C17H18N2O3. The molecule has 4 rings (SSSR count). The van der Waals surface area contributed by atoms with Crippen LogP contribution in [0.4, 0.5) is 5.69 Å². The lowest BCUT2D eigenvalue weighted by Crippen LogP contribution is -2.39. The molecule has 1 aliphatic heterocycles. The second-order valence-corrected chi connectivity index (χ2v) is 6.56. The van der Waals surface area contributed by atoms with Crippen LogP contribution < -0.4 is 5.32 Å². The SMILES string of the molecule is O=C(CN1C(=O)[C@H]2[C@H]3CC[C@@H](C3)[C@@H]2C1=O)Nc1ccccc1. The second kappa shape index (κ2) is 4.93. The molecule has 1 saturated heterocycles. The maximum absolute atomic E-state index is 12.5. The topological polar surface area (TPSA) is 66.5 Å². The maximum Gasteiger partial charge on any atom is 0.244 e. The van der Waals surface area contributed by atoms with Crippen LogP contribution in [0.2, 0.25) is 0 Å². The molecule has 1 N–H and O–H groups in total. The summed E-state index contributed by atoms with van der Waals surface area (Å²) < 4.78 is 0. The summed E-state index contributed by atoms with van der Waals surface area (Å²) in [5.41, 5.74) is 0.673. The highest BCUT2D eigenvalue weighted by atomic mass is 16.2. The van der Waals surface area contributed by atoms with E-state index in [2.05, 4.69) is 5.32 Å². The van der Waals surface area contributed by atoms with Crippen LogP contribution in [0.25, 0.3) is 0 Å². The van der Waals surface area contributed by atoms with Crippen LogP contribution in [-0.2, 0) is 14.4 Å². The predicted octanol–water partition coefficient (Wildman–Crippen LogP) is 1.66. The molecule has 5 heteroatoms. The van der Waals surface area contributed by atoms with Gasteiger partial charge in [0, 0.05) is 5.69 Å². The number of para-hydroxylation sites is 1. The summed E-state index contributed by atoms with van der Waals surface area (Å²) in [5.74, 6) is -0.190. The first-order chi connectivity index (χ1) is 10.6. The van der Waals surface area contributed by atoms with Crippen molar-refractivity contribution in [3.8, 4) is 0 Å². The lowest BCUT2D eigenvalue weighted by molar-refractivity contribution is -0.143. The molecule has 3 fully saturated rings. The van der Waals surface area contributed by atoms with Crippen LogP contribution >= 0.6 is 0 Å². The number of nitrogens with one attached hydrogen (secondary N) is 1. The number of hydrogen-bond donors (Lipinski definition) is 1. The molecular weight excluding hydrogens is 280 g/mol. The Morgan fingerprint density at radius 3 is 2.23 bits per heavy atom. The van der Waals surface area contributed by atoms with E-state index in [1.807, 2.05) is 18.2 Å². The third-order valence-corrected chi connectivity index (χ3v) is 5.38. The average Bonchev–Trinajstić information content (AvgIpc) is 3.18. The monoisotopic (exact) mass is 298 g/mol. The van der Waals surface area contributed by atoms with E-state index in [0.717, 1.165) is 19.3 Å². The number of nitrogens with zero attached hydrogens (tertiary/aromatic N) is 1. The minimum atomic E-state index is -0.319. The predicted molar refractivity (Wildman–Crippen MR) is 79.6 cm³/mol. The van der Waals surface area contributed by atoms with Crippen molar-refractivity contribution >= 4 is 23.4 Å². The van der Waals surface area contributed by atoms with Gasteiger partial charge in [0.25, 0.3) is 0 Å². The van der Waals surface area contributed by atoms with Gasteiger partial charge < -0.3 is 5.32 Å². The fourth-order valence-corrected chi connectivity index (χ4v) is 4.49. The Labute approximate surface area is 128 Å². The number of imide groups is 1. The van der Waals surface area contributed by atoms with Gasteiger partial charge in [0.2, 0.25) is 17.7 Å². The molecule has 0 unspecified atom stereocenters. The van der Waals surface area contributed by atoms with Gasteiger partial charge in [0.05, 0.1) is 11.8 Å². The zero-order chi connectivity index (χ0) is 15.3. The van der Waals surface area contributed by atoms with Crippen LogP contribution in [0.15, 0.2) is 30.3 Å². The number of carbonyl (C=O) groups excluding carboxylic acids is 3. The van der Waals surface area contributed by atoms with Crippen molar-refractivity contribution in [1.29, 1.82) is 0 Å². The van der Waals surface area contributed by atoms with Crippen molar-refractivity contribution in [2.24, 2.45) is 23.7 Å². The van der Waals surface area contributed by atoms with Crippen LogP contribution in [0.5, 0.6) is 0 Å². The third-order valence-electron chi connectivity index (χ3n) is 5.38. The van der Waals surface area contributed by atoms with Gasteiger partial charge in [-0.3, -0.25) is 19.3 Å². The zero-order valence-electron chi connectivity index (χ0n) is 12.2. The molecule has 1 aromatic rings. The van der Waals surface area contributed by atoms with E-state index in [1.54, 1.807) is 12.1 Å². The van der Waals surface area contributed by atoms with E-state index in [4.69, 9.17) is 0 Å². The van der Waals surface area contributed by atoms with Gasteiger partial charge in [-0.1, -0.05) is 18.2 Å². The Morgan fingerprint density at radius 2 is 1.64 bits per heavy atom. The van der Waals surface area contributed by atoms with Crippen LogP contribution in [0, 0.1) is 23.7 Å². The molecule has 1 heterocycles. The highest BCUT2D eigenvalue weighted by Gasteiger charge is 2.60. The van der Waals surface area contributed by atoms with Crippen LogP contribution in [0.3, 0.4) is 0 Å². The lowest BCUT2D eigenvalue weighted by Gasteiger charge is -2.19. The van der Waals surface area contributed by atoms with Gasteiger partial charge in [-0.25, -0.2) is 0 Å². The molecule has 3 amide bonds. The average molecular weight is 298 g/mol. The van der Waals surface area contributed by atoms with E-state index in [1.165, 1.54) is 4.90 Å². The summed E-state index contributed by atoms with van der Waals surface area (Å²) >= 11 is 0. The van der Waals surface area contributed by atoms with E-state index in [9.17, 15) is 14.4 Å². The number of amides is 3. The zero-order valence-corrected chi connectivity index (χ0v) is 12.2. The minimum Gasteiger partial charge on any atom is -0.325 e. The van der Waals surface area contributed by atoms with Gasteiger partial charge >= 0.3 is 0 Å². The van der Waals surface area contributed by atoms with Gasteiger partial charge in [-0.15, -0.1) is 0 Å². The summed E-state index contributed by atoms with van der Waals surface area (Å²) in [6.07, 6.45) is 3.11. The van der Waals surface area contributed by atoms with Crippen molar-refractivity contribution in [3.63, 3.8) is 0 Å². The van der Waals surface area contributed by atoms with Gasteiger partial charge in [0.1, 0.15) is 6.54 Å². The highest BCUT2D eigenvalue weighted by molar-refractivity contribution is 6.09. The number of likely N-dealkylation sites (tertiary alicyclic amines) is 1. The van der Waals surface area contributed by atoms with E-state index in [-0.39, 0.29) is 36.1 Å². The van der Waals surface area contributed by atoms with Crippen molar-refractivity contribution in [1.82, 2.24) is 4.90 Å². The number of carbonyl (C=O) groups is 3. The molecule has 5 nitrogen and oxygen atoms in total. The summed E-state index contributed by atoms with van der Waals surface area (Å²) in [7, 11) is 0.